The summed E-state index contributed by atoms with van der Waals surface area (Å²) >= 11 is 3.49. The van der Waals surface area contributed by atoms with Gasteiger partial charge in [-0.05, 0) is 30.5 Å². The fourth-order valence-electron chi connectivity index (χ4n) is 2.44. The van der Waals surface area contributed by atoms with Gasteiger partial charge in [0.15, 0.2) is 0 Å². The Balaban J connectivity index is 2.32. The van der Waals surface area contributed by atoms with Gasteiger partial charge in [-0.2, -0.15) is 0 Å². The molecule has 1 aromatic rings. The third-order valence-electron chi connectivity index (χ3n) is 3.58. The highest BCUT2D eigenvalue weighted by Crippen LogP contribution is 2.34. The van der Waals surface area contributed by atoms with Gasteiger partial charge in [-0.3, -0.25) is 4.79 Å². The molecule has 1 fully saturated rings. The molecule has 0 bridgehead atoms. The molecule has 1 unspecified atom stereocenters. The van der Waals surface area contributed by atoms with Gasteiger partial charge in [-0.1, -0.05) is 28.1 Å². The monoisotopic (exact) mass is 296 g/mol. The summed E-state index contributed by atoms with van der Waals surface area (Å²) in [5, 5.41) is 2.91. The Morgan fingerprint density at radius 3 is 2.94 bits per heavy atom. The Hall–Kier alpha value is -0.870. The minimum atomic E-state index is -0.0665. The summed E-state index contributed by atoms with van der Waals surface area (Å²) < 4.78 is 1.06. The van der Waals surface area contributed by atoms with E-state index >= 15 is 0 Å². The number of nitrogens with two attached hydrogens (primary N) is 1. The van der Waals surface area contributed by atoms with Crippen molar-refractivity contribution in [3.05, 3.63) is 34.3 Å². The number of hydrogen-bond donors (Lipinski definition) is 2. The Morgan fingerprint density at radius 2 is 2.24 bits per heavy atom. The maximum absolute atomic E-state index is 11.4. The molecular weight excluding hydrogens is 280 g/mol. The molecule has 17 heavy (non-hydrogen) atoms. The van der Waals surface area contributed by atoms with Gasteiger partial charge in [0.2, 0.25) is 5.91 Å². The number of carbonyl (C=O) groups excluding carboxylic acids is 1. The second-order valence-corrected chi connectivity index (χ2v) is 5.51. The molecule has 2 rings (SSSR count). The topological polar surface area (TPSA) is 55.1 Å². The van der Waals surface area contributed by atoms with Crippen LogP contribution in [-0.4, -0.2) is 19.0 Å². The number of nitrogens with one attached hydrogen (secondary N) is 1. The van der Waals surface area contributed by atoms with Crippen LogP contribution in [-0.2, 0) is 10.2 Å². The average molecular weight is 297 g/mol. The Bertz CT molecular complexity index is 422. The number of halogens is 1. The maximum Gasteiger partial charge on any atom is 0.220 e. The summed E-state index contributed by atoms with van der Waals surface area (Å²) in [6.07, 6.45) is 2.29. The molecule has 0 aliphatic carbocycles. The molecule has 1 heterocycles. The Morgan fingerprint density at radius 1 is 1.41 bits per heavy atom. The first-order valence-electron chi connectivity index (χ1n) is 5.89. The molecule has 1 atom stereocenters. The lowest BCUT2D eigenvalue weighted by Gasteiger charge is -2.31. The molecule has 3 N–H and O–H groups in total. The van der Waals surface area contributed by atoms with E-state index in [9.17, 15) is 4.79 Å². The van der Waals surface area contributed by atoms with Gasteiger partial charge in [-0.25, -0.2) is 0 Å². The van der Waals surface area contributed by atoms with Crippen LogP contribution < -0.4 is 11.1 Å². The minimum Gasteiger partial charge on any atom is -0.356 e. The minimum absolute atomic E-state index is 0.0665. The van der Waals surface area contributed by atoms with Crippen molar-refractivity contribution in [3.63, 3.8) is 0 Å². The predicted molar refractivity (Wildman–Crippen MR) is 71.7 cm³/mol. The fraction of sp³-hybridized carbons (Fsp3) is 0.462. The molecule has 4 heteroatoms. The summed E-state index contributed by atoms with van der Waals surface area (Å²) in [5.41, 5.74) is 7.14. The third-order valence-corrected chi connectivity index (χ3v) is 4.08. The standard InChI is InChI=1S/C13H17BrN2O/c14-11-3-1-2-10(8-11)13(9-15)5-4-12(17)16-7-6-13/h1-3,8H,4-7,9,15H2,(H,16,17). The van der Waals surface area contributed by atoms with Crippen LogP contribution in [0.15, 0.2) is 28.7 Å². The lowest BCUT2D eigenvalue weighted by atomic mass is 9.74. The molecule has 0 spiro atoms. The first kappa shape index (κ1) is 12.6. The number of amides is 1. The van der Waals surface area contributed by atoms with Crippen LogP contribution in [0.1, 0.15) is 24.8 Å². The maximum atomic E-state index is 11.4. The Labute approximate surface area is 110 Å². The van der Waals surface area contributed by atoms with E-state index in [1.807, 2.05) is 12.1 Å². The molecule has 0 saturated carbocycles. The van der Waals surface area contributed by atoms with Crippen molar-refractivity contribution in [2.24, 2.45) is 5.73 Å². The summed E-state index contributed by atoms with van der Waals surface area (Å²) in [4.78, 5) is 11.4. The highest BCUT2D eigenvalue weighted by Gasteiger charge is 2.33. The van der Waals surface area contributed by atoms with Crippen molar-refractivity contribution >= 4 is 21.8 Å². The number of hydrogen-bond acceptors (Lipinski definition) is 2. The zero-order chi connectivity index (χ0) is 12.3. The van der Waals surface area contributed by atoms with Crippen molar-refractivity contribution < 1.29 is 4.79 Å². The van der Waals surface area contributed by atoms with Crippen molar-refractivity contribution in [2.75, 3.05) is 13.1 Å². The lowest BCUT2D eigenvalue weighted by Crippen LogP contribution is -2.36. The molecule has 1 amide bonds. The number of rotatable bonds is 2. The van der Waals surface area contributed by atoms with Crippen LogP contribution in [0.4, 0.5) is 0 Å². The number of carbonyl (C=O) groups is 1. The summed E-state index contributed by atoms with van der Waals surface area (Å²) in [6, 6.07) is 8.25. The first-order valence-corrected chi connectivity index (χ1v) is 6.68. The van der Waals surface area contributed by atoms with E-state index in [1.165, 1.54) is 5.56 Å². The van der Waals surface area contributed by atoms with E-state index in [-0.39, 0.29) is 11.3 Å². The van der Waals surface area contributed by atoms with Crippen LogP contribution >= 0.6 is 15.9 Å². The molecule has 3 nitrogen and oxygen atoms in total. The van der Waals surface area contributed by atoms with Crippen LogP contribution in [0.25, 0.3) is 0 Å². The van der Waals surface area contributed by atoms with E-state index in [2.05, 4.69) is 33.4 Å². The molecule has 92 valence electrons. The summed E-state index contributed by atoms with van der Waals surface area (Å²) in [5.74, 6) is 0.135. The van der Waals surface area contributed by atoms with E-state index in [0.29, 0.717) is 19.5 Å². The molecule has 1 aromatic carbocycles. The molecule has 0 radical (unpaired) electrons. The molecule has 1 saturated heterocycles. The van der Waals surface area contributed by atoms with Crippen LogP contribution in [0.3, 0.4) is 0 Å². The van der Waals surface area contributed by atoms with Crippen LogP contribution in [0.2, 0.25) is 0 Å². The summed E-state index contributed by atoms with van der Waals surface area (Å²) in [7, 11) is 0. The van der Waals surface area contributed by atoms with E-state index < -0.39 is 0 Å². The van der Waals surface area contributed by atoms with E-state index in [0.717, 1.165) is 17.3 Å². The lowest BCUT2D eigenvalue weighted by molar-refractivity contribution is -0.120. The van der Waals surface area contributed by atoms with Crippen molar-refractivity contribution in [3.8, 4) is 0 Å². The number of benzene rings is 1. The van der Waals surface area contributed by atoms with Crippen molar-refractivity contribution in [1.82, 2.24) is 5.32 Å². The molecule has 0 aromatic heterocycles. The van der Waals surface area contributed by atoms with Crippen LogP contribution in [0.5, 0.6) is 0 Å². The zero-order valence-corrected chi connectivity index (χ0v) is 11.3. The predicted octanol–water partition coefficient (Wildman–Crippen LogP) is 1.95. The van der Waals surface area contributed by atoms with Gasteiger partial charge in [0.1, 0.15) is 0 Å². The second kappa shape index (κ2) is 5.19. The third kappa shape index (κ3) is 2.69. The molecular formula is C13H17BrN2O. The average Bonchev–Trinajstić information content (AvgIpc) is 2.52. The van der Waals surface area contributed by atoms with Gasteiger partial charge in [0.05, 0.1) is 0 Å². The first-order chi connectivity index (χ1) is 8.16. The highest BCUT2D eigenvalue weighted by molar-refractivity contribution is 9.10. The second-order valence-electron chi connectivity index (χ2n) is 4.59. The van der Waals surface area contributed by atoms with Crippen molar-refractivity contribution in [1.29, 1.82) is 0 Å². The summed E-state index contributed by atoms with van der Waals surface area (Å²) in [6.45, 7) is 1.29. The smallest absolute Gasteiger partial charge is 0.220 e. The van der Waals surface area contributed by atoms with Gasteiger partial charge in [-0.15, -0.1) is 0 Å². The SMILES string of the molecule is NCC1(c2cccc(Br)c2)CCNC(=O)CC1. The van der Waals surface area contributed by atoms with Crippen LogP contribution in [0, 0.1) is 0 Å². The quantitative estimate of drug-likeness (QED) is 0.876. The fourth-order valence-corrected chi connectivity index (χ4v) is 2.84. The van der Waals surface area contributed by atoms with Crippen molar-refractivity contribution in [2.45, 2.75) is 24.7 Å². The largest absolute Gasteiger partial charge is 0.356 e. The van der Waals surface area contributed by atoms with Gasteiger partial charge < -0.3 is 11.1 Å². The molecule has 1 aliphatic rings. The zero-order valence-electron chi connectivity index (χ0n) is 9.71. The molecule has 1 aliphatic heterocycles. The van der Waals surface area contributed by atoms with Gasteiger partial charge in [0, 0.05) is 29.4 Å². The normalized spacial score (nSPS) is 25.2. The van der Waals surface area contributed by atoms with E-state index in [1.54, 1.807) is 0 Å². The highest BCUT2D eigenvalue weighted by atomic mass is 79.9. The van der Waals surface area contributed by atoms with Gasteiger partial charge >= 0.3 is 0 Å². The Kier molecular flexibility index (Phi) is 3.84. The van der Waals surface area contributed by atoms with E-state index in [4.69, 9.17) is 5.73 Å². The van der Waals surface area contributed by atoms with Gasteiger partial charge in [0.25, 0.3) is 0 Å².